The topological polar surface area (TPSA) is 80.2 Å². The van der Waals surface area contributed by atoms with Crippen LogP contribution in [0.25, 0.3) is 6.08 Å². The predicted octanol–water partition coefficient (Wildman–Crippen LogP) is 5.40. The van der Waals surface area contributed by atoms with Crippen LogP contribution in [0.3, 0.4) is 0 Å². The molecule has 6 nitrogen and oxygen atoms in total. The number of carbonyl (C=O) groups excluding carboxylic acids is 1. The minimum Gasteiger partial charge on any atom is -0.494 e. The van der Waals surface area contributed by atoms with Crippen LogP contribution < -0.4 is 10.1 Å². The summed E-state index contributed by atoms with van der Waals surface area (Å²) in [6.07, 6.45) is 0.121. The molecule has 3 aromatic carbocycles. The Morgan fingerprint density at radius 1 is 1.05 bits per heavy atom. The molecule has 0 spiro atoms. The van der Waals surface area contributed by atoms with Gasteiger partial charge in [-0.05, 0) is 47.5 Å². The third-order valence-electron chi connectivity index (χ3n) is 6.16. The van der Waals surface area contributed by atoms with Gasteiger partial charge in [0.1, 0.15) is 12.4 Å². The van der Waals surface area contributed by atoms with E-state index in [0.717, 1.165) is 17.7 Å². The SMILES string of the molecule is O=C(NCc1ccc(C(F)(F)F)cc1)[C@@]1(C/C=C/c2ccccc2)COC(c2ccc(OCCCO)cc2)=N1. The smallest absolute Gasteiger partial charge is 0.416 e. The number of aliphatic imine (C=N–C) groups is 1. The number of rotatable bonds is 11. The van der Waals surface area contributed by atoms with Crippen molar-refractivity contribution >= 4 is 17.9 Å². The zero-order valence-corrected chi connectivity index (χ0v) is 21.2. The van der Waals surface area contributed by atoms with Crippen LogP contribution in [0.15, 0.2) is 89.9 Å². The Morgan fingerprint density at radius 3 is 2.44 bits per heavy atom. The van der Waals surface area contributed by atoms with Gasteiger partial charge in [-0.1, -0.05) is 54.6 Å². The summed E-state index contributed by atoms with van der Waals surface area (Å²) in [7, 11) is 0. The van der Waals surface area contributed by atoms with E-state index in [9.17, 15) is 18.0 Å². The highest BCUT2D eigenvalue weighted by molar-refractivity contribution is 6.00. The van der Waals surface area contributed by atoms with Crippen LogP contribution in [0.5, 0.6) is 5.75 Å². The van der Waals surface area contributed by atoms with Crippen molar-refractivity contribution in [2.75, 3.05) is 19.8 Å². The molecule has 204 valence electrons. The van der Waals surface area contributed by atoms with Crippen LogP contribution in [-0.2, 0) is 22.3 Å². The average molecular weight is 539 g/mol. The van der Waals surface area contributed by atoms with Crippen LogP contribution in [0.4, 0.5) is 13.2 Å². The van der Waals surface area contributed by atoms with Crippen LogP contribution in [0.1, 0.15) is 35.1 Å². The molecule has 1 atom stereocenters. The fourth-order valence-corrected chi connectivity index (χ4v) is 3.97. The molecule has 0 fully saturated rings. The maximum absolute atomic E-state index is 13.4. The molecular formula is C30H29F3N2O4. The fraction of sp³-hybridized carbons (Fsp3) is 0.267. The summed E-state index contributed by atoms with van der Waals surface area (Å²) in [6.45, 7) is 0.495. The van der Waals surface area contributed by atoms with E-state index >= 15 is 0 Å². The van der Waals surface area contributed by atoms with Gasteiger partial charge in [0.2, 0.25) is 5.90 Å². The maximum Gasteiger partial charge on any atom is 0.416 e. The summed E-state index contributed by atoms with van der Waals surface area (Å²) in [4.78, 5) is 18.1. The van der Waals surface area contributed by atoms with E-state index in [1.165, 1.54) is 12.1 Å². The molecule has 9 heteroatoms. The van der Waals surface area contributed by atoms with Crippen molar-refractivity contribution in [3.05, 3.63) is 107 Å². The molecular weight excluding hydrogens is 509 g/mol. The number of hydrogen-bond donors (Lipinski definition) is 2. The Morgan fingerprint density at radius 2 is 1.77 bits per heavy atom. The predicted molar refractivity (Wildman–Crippen MR) is 142 cm³/mol. The highest BCUT2D eigenvalue weighted by atomic mass is 19.4. The minimum absolute atomic E-state index is 0.00899. The van der Waals surface area contributed by atoms with Crippen molar-refractivity contribution < 1.29 is 32.5 Å². The molecule has 2 N–H and O–H groups in total. The van der Waals surface area contributed by atoms with Crippen molar-refractivity contribution in [2.45, 2.75) is 31.1 Å². The molecule has 1 aliphatic heterocycles. The number of aliphatic hydroxyl groups is 1. The van der Waals surface area contributed by atoms with Crippen LogP contribution in [-0.4, -0.2) is 42.3 Å². The molecule has 1 amide bonds. The number of carbonyl (C=O) groups is 1. The van der Waals surface area contributed by atoms with E-state index in [0.29, 0.717) is 35.8 Å². The first-order valence-electron chi connectivity index (χ1n) is 12.5. The Bertz CT molecular complexity index is 1290. The van der Waals surface area contributed by atoms with E-state index in [4.69, 9.17) is 19.6 Å². The van der Waals surface area contributed by atoms with Crippen molar-refractivity contribution in [1.29, 1.82) is 0 Å². The molecule has 0 radical (unpaired) electrons. The molecule has 1 aliphatic rings. The lowest BCUT2D eigenvalue weighted by atomic mass is 9.95. The van der Waals surface area contributed by atoms with Gasteiger partial charge in [-0.2, -0.15) is 13.2 Å². The fourth-order valence-electron chi connectivity index (χ4n) is 3.97. The number of alkyl halides is 3. The highest BCUT2D eigenvalue weighted by Crippen LogP contribution is 2.30. The Hall–Kier alpha value is -4.11. The number of ether oxygens (including phenoxy) is 2. The summed E-state index contributed by atoms with van der Waals surface area (Å²) in [5.74, 6) is 0.561. The van der Waals surface area contributed by atoms with E-state index in [1.807, 2.05) is 42.5 Å². The van der Waals surface area contributed by atoms with Crippen LogP contribution in [0.2, 0.25) is 0 Å². The Kier molecular flexibility index (Phi) is 9.03. The second kappa shape index (κ2) is 12.6. The second-order valence-electron chi connectivity index (χ2n) is 9.08. The van der Waals surface area contributed by atoms with E-state index in [-0.39, 0.29) is 32.1 Å². The van der Waals surface area contributed by atoms with E-state index < -0.39 is 17.3 Å². The number of halogens is 3. The van der Waals surface area contributed by atoms with Crippen LogP contribution >= 0.6 is 0 Å². The molecule has 1 heterocycles. The first-order valence-corrected chi connectivity index (χ1v) is 12.5. The van der Waals surface area contributed by atoms with Gasteiger partial charge in [-0.3, -0.25) is 4.79 Å². The van der Waals surface area contributed by atoms with Gasteiger partial charge in [-0.15, -0.1) is 0 Å². The normalized spacial score (nSPS) is 17.1. The summed E-state index contributed by atoms with van der Waals surface area (Å²) in [5.41, 5.74) is 0.185. The molecule has 0 aliphatic carbocycles. The molecule has 0 saturated heterocycles. The number of benzene rings is 3. The summed E-state index contributed by atoms with van der Waals surface area (Å²) in [6, 6.07) is 21.4. The van der Waals surface area contributed by atoms with Gasteiger partial charge in [0, 0.05) is 31.6 Å². The third-order valence-corrected chi connectivity index (χ3v) is 6.16. The number of aliphatic hydroxyl groups excluding tert-OH is 1. The summed E-state index contributed by atoms with van der Waals surface area (Å²) >= 11 is 0. The summed E-state index contributed by atoms with van der Waals surface area (Å²) in [5, 5.41) is 11.7. The van der Waals surface area contributed by atoms with Gasteiger partial charge in [0.05, 0.1) is 12.2 Å². The lowest BCUT2D eigenvalue weighted by Crippen LogP contribution is -2.46. The molecule has 0 aromatic heterocycles. The lowest BCUT2D eigenvalue weighted by molar-refractivity contribution is -0.137. The minimum atomic E-state index is -4.42. The quantitative estimate of drug-likeness (QED) is 0.321. The number of nitrogens with zero attached hydrogens (tertiary/aromatic N) is 1. The van der Waals surface area contributed by atoms with E-state index in [2.05, 4.69) is 5.32 Å². The molecule has 4 rings (SSSR count). The molecule has 0 unspecified atom stereocenters. The molecule has 0 saturated carbocycles. The number of amides is 1. The second-order valence-corrected chi connectivity index (χ2v) is 9.08. The van der Waals surface area contributed by atoms with Gasteiger partial charge < -0.3 is 19.9 Å². The molecule has 39 heavy (non-hydrogen) atoms. The van der Waals surface area contributed by atoms with Crippen molar-refractivity contribution in [1.82, 2.24) is 5.32 Å². The Labute approximate surface area is 224 Å². The average Bonchev–Trinajstić information content (AvgIpc) is 3.38. The van der Waals surface area contributed by atoms with Crippen molar-refractivity contribution in [3.8, 4) is 5.75 Å². The molecule has 3 aromatic rings. The zero-order chi connectivity index (χ0) is 27.7. The zero-order valence-electron chi connectivity index (χ0n) is 21.2. The standard InChI is InChI=1S/C30H29F3N2O4/c31-30(32,33)25-13-9-23(10-14-25)20-34-28(37)29(17-4-8-22-6-2-1-3-7-22)21-39-27(35-29)24-11-15-26(16-12-24)38-19-5-18-36/h1-4,6-16,36H,5,17-21H2,(H,34,37)/b8-4+/t29-/m1/s1. The first kappa shape index (κ1) is 27.9. The van der Waals surface area contributed by atoms with Gasteiger partial charge in [-0.25, -0.2) is 4.99 Å². The van der Waals surface area contributed by atoms with Gasteiger partial charge in [0.15, 0.2) is 5.54 Å². The highest BCUT2D eigenvalue weighted by Gasteiger charge is 2.43. The van der Waals surface area contributed by atoms with Gasteiger partial charge in [0.25, 0.3) is 5.91 Å². The van der Waals surface area contributed by atoms with Crippen molar-refractivity contribution in [3.63, 3.8) is 0 Å². The number of nitrogens with one attached hydrogen (secondary N) is 1. The Balaban J connectivity index is 1.51. The summed E-state index contributed by atoms with van der Waals surface area (Å²) < 4.78 is 50.1. The van der Waals surface area contributed by atoms with Crippen molar-refractivity contribution in [2.24, 2.45) is 4.99 Å². The number of hydrogen-bond acceptors (Lipinski definition) is 5. The first-order chi connectivity index (χ1) is 18.8. The largest absolute Gasteiger partial charge is 0.494 e. The van der Waals surface area contributed by atoms with E-state index in [1.54, 1.807) is 24.3 Å². The maximum atomic E-state index is 13.4. The molecule has 0 bridgehead atoms. The monoisotopic (exact) mass is 538 g/mol. The lowest BCUT2D eigenvalue weighted by Gasteiger charge is -2.21. The van der Waals surface area contributed by atoms with Gasteiger partial charge >= 0.3 is 6.18 Å². The van der Waals surface area contributed by atoms with Crippen LogP contribution in [0, 0.1) is 0 Å². The third kappa shape index (κ3) is 7.48.